The Balaban J connectivity index is 2.43. The molecule has 0 heterocycles. The maximum absolute atomic E-state index is 9.12. The van der Waals surface area contributed by atoms with E-state index in [1.807, 2.05) is 25.1 Å². The third-order valence-electron chi connectivity index (χ3n) is 3.00. The summed E-state index contributed by atoms with van der Waals surface area (Å²) in [6, 6.07) is 5.59. The third kappa shape index (κ3) is 5.97. The second kappa shape index (κ2) is 9.68. The predicted octanol–water partition coefficient (Wildman–Crippen LogP) is 3.93. The van der Waals surface area contributed by atoms with Gasteiger partial charge < -0.3 is 14.6 Å². The van der Waals surface area contributed by atoms with Crippen molar-refractivity contribution < 1.29 is 14.6 Å². The molecule has 1 N–H and O–H groups in total. The molecule has 0 fully saturated rings. The molecule has 0 spiro atoms. The van der Waals surface area contributed by atoms with E-state index in [0.29, 0.717) is 6.61 Å². The van der Waals surface area contributed by atoms with Crippen molar-refractivity contribution in [2.45, 2.75) is 52.6 Å². The van der Waals surface area contributed by atoms with Gasteiger partial charge in [-0.1, -0.05) is 38.7 Å². The van der Waals surface area contributed by atoms with Crippen LogP contribution in [0.3, 0.4) is 0 Å². The molecular weight excluding hydrogens is 240 g/mol. The molecule has 0 saturated carbocycles. The summed E-state index contributed by atoms with van der Waals surface area (Å²) in [5.41, 5.74) is 0.846. The Hall–Kier alpha value is -1.22. The van der Waals surface area contributed by atoms with Gasteiger partial charge in [0.25, 0.3) is 0 Å². The fourth-order valence-electron chi connectivity index (χ4n) is 1.93. The molecule has 108 valence electrons. The van der Waals surface area contributed by atoms with E-state index >= 15 is 0 Å². The van der Waals surface area contributed by atoms with Crippen LogP contribution < -0.4 is 9.47 Å². The lowest BCUT2D eigenvalue weighted by atomic mass is 10.2. The topological polar surface area (TPSA) is 38.7 Å². The molecule has 0 atom stereocenters. The summed E-state index contributed by atoms with van der Waals surface area (Å²) in [5.74, 6) is 1.50. The van der Waals surface area contributed by atoms with Crippen LogP contribution in [0.15, 0.2) is 18.2 Å². The first-order valence-corrected chi connectivity index (χ1v) is 7.31. The Kier molecular flexibility index (Phi) is 8.07. The van der Waals surface area contributed by atoms with E-state index < -0.39 is 0 Å². The molecule has 0 aliphatic heterocycles. The van der Waals surface area contributed by atoms with Crippen molar-refractivity contribution in [1.29, 1.82) is 0 Å². The SMILES string of the molecule is CCCCCCCOc1ccc(CO)cc1OCC. The molecule has 1 rings (SSSR count). The number of unbranched alkanes of at least 4 members (excludes halogenated alkanes) is 4. The number of aliphatic hydroxyl groups excluding tert-OH is 1. The van der Waals surface area contributed by atoms with Crippen LogP contribution in [0.5, 0.6) is 11.5 Å². The Morgan fingerprint density at radius 1 is 0.947 bits per heavy atom. The lowest BCUT2D eigenvalue weighted by molar-refractivity contribution is 0.264. The summed E-state index contributed by atoms with van der Waals surface area (Å²) in [6.45, 7) is 5.51. The standard InChI is InChI=1S/C16H26O3/c1-3-5-6-7-8-11-19-15-10-9-14(13-17)12-16(15)18-4-2/h9-10,12,17H,3-8,11,13H2,1-2H3. The second-order valence-corrected chi connectivity index (χ2v) is 4.63. The van der Waals surface area contributed by atoms with Crippen LogP contribution in [0.1, 0.15) is 51.5 Å². The molecule has 1 aromatic rings. The first-order chi connectivity index (χ1) is 9.31. The summed E-state index contributed by atoms with van der Waals surface area (Å²) in [7, 11) is 0. The lowest BCUT2D eigenvalue weighted by Gasteiger charge is -2.12. The fourth-order valence-corrected chi connectivity index (χ4v) is 1.93. The number of benzene rings is 1. The summed E-state index contributed by atoms with van der Waals surface area (Å²) >= 11 is 0. The van der Waals surface area contributed by atoms with E-state index in [0.717, 1.165) is 30.1 Å². The molecule has 3 heteroatoms. The van der Waals surface area contributed by atoms with E-state index in [2.05, 4.69) is 6.92 Å². The van der Waals surface area contributed by atoms with Gasteiger partial charge in [-0.05, 0) is 31.0 Å². The van der Waals surface area contributed by atoms with Gasteiger partial charge in [0.1, 0.15) is 0 Å². The molecule has 19 heavy (non-hydrogen) atoms. The minimum absolute atomic E-state index is 0.0252. The predicted molar refractivity (Wildman–Crippen MR) is 77.8 cm³/mol. The van der Waals surface area contributed by atoms with Crippen molar-refractivity contribution >= 4 is 0 Å². The van der Waals surface area contributed by atoms with E-state index in [9.17, 15) is 0 Å². The molecule has 0 amide bonds. The zero-order valence-corrected chi connectivity index (χ0v) is 12.2. The van der Waals surface area contributed by atoms with Crippen molar-refractivity contribution in [2.24, 2.45) is 0 Å². The van der Waals surface area contributed by atoms with Gasteiger partial charge in [0, 0.05) is 0 Å². The quantitative estimate of drug-likeness (QED) is 0.652. The van der Waals surface area contributed by atoms with Crippen molar-refractivity contribution in [3.63, 3.8) is 0 Å². The number of rotatable bonds is 10. The Morgan fingerprint density at radius 3 is 2.42 bits per heavy atom. The van der Waals surface area contributed by atoms with E-state index in [1.54, 1.807) is 0 Å². The average molecular weight is 266 g/mol. The smallest absolute Gasteiger partial charge is 0.161 e. The highest BCUT2D eigenvalue weighted by molar-refractivity contribution is 5.42. The Labute approximate surface area is 116 Å². The molecular formula is C16H26O3. The largest absolute Gasteiger partial charge is 0.490 e. The summed E-state index contributed by atoms with van der Waals surface area (Å²) in [6.07, 6.45) is 6.13. The highest BCUT2D eigenvalue weighted by Crippen LogP contribution is 2.28. The average Bonchev–Trinajstić information content (AvgIpc) is 2.44. The van der Waals surface area contributed by atoms with E-state index in [4.69, 9.17) is 14.6 Å². The molecule has 0 saturated heterocycles. The molecule has 1 aromatic carbocycles. The second-order valence-electron chi connectivity index (χ2n) is 4.63. The maximum atomic E-state index is 9.12. The molecule has 3 nitrogen and oxygen atoms in total. The zero-order valence-electron chi connectivity index (χ0n) is 12.2. The molecule has 0 unspecified atom stereocenters. The normalized spacial score (nSPS) is 10.5. The van der Waals surface area contributed by atoms with Crippen molar-refractivity contribution in [1.82, 2.24) is 0 Å². The number of hydrogen-bond donors (Lipinski definition) is 1. The number of hydrogen-bond acceptors (Lipinski definition) is 3. The van der Waals surface area contributed by atoms with Crippen LogP contribution in [0.2, 0.25) is 0 Å². The third-order valence-corrected chi connectivity index (χ3v) is 3.00. The van der Waals surface area contributed by atoms with Gasteiger partial charge in [0.2, 0.25) is 0 Å². The van der Waals surface area contributed by atoms with E-state index in [1.165, 1.54) is 25.7 Å². The maximum Gasteiger partial charge on any atom is 0.161 e. The van der Waals surface area contributed by atoms with Crippen molar-refractivity contribution in [2.75, 3.05) is 13.2 Å². The lowest BCUT2D eigenvalue weighted by Crippen LogP contribution is -2.01. The molecule has 0 bridgehead atoms. The summed E-state index contributed by atoms with van der Waals surface area (Å²) in [4.78, 5) is 0. The van der Waals surface area contributed by atoms with Gasteiger partial charge in [-0.25, -0.2) is 0 Å². The van der Waals surface area contributed by atoms with E-state index in [-0.39, 0.29) is 6.61 Å². The highest BCUT2D eigenvalue weighted by Gasteiger charge is 2.06. The fraction of sp³-hybridized carbons (Fsp3) is 0.625. The van der Waals surface area contributed by atoms with Crippen LogP contribution in [0.4, 0.5) is 0 Å². The zero-order chi connectivity index (χ0) is 13.9. The summed E-state index contributed by atoms with van der Waals surface area (Å²) < 4.78 is 11.3. The molecule has 0 aromatic heterocycles. The van der Waals surface area contributed by atoms with Gasteiger partial charge >= 0.3 is 0 Å². The van der Waals surface area contributed by atoms with Crippen LogP contribution in [-0.2, 0) is 6.61 Å². The van der Waals surface area contributed by atoms with Gasteiger partial charge in [-0.2, -0.15) is 0 Å². The van der Waals surface area contributed by atoms with Gasteiger partial charge in [-0.3, -0.25) is 0 Å². The van der Waals surface area contributed by atoms with Gasteiger partial charge in [-0.15, -0.1) is 0 Å². The van der Waals surface area contributed by atoms with Gasteiger partial charge in [0.05, 0.1) is 19.8 Å². The van der Waals surface area contributed by atoms with Crippen LogP contribution in [0.25, 0.3) is 0 Å². The monoisotopic (exact) mass is 266 g/mol. The van der Waals surface area contributed by atoms with Crippen LogP contribution >= 0.6 is 0 Å². The Bertz CT molecular complexity index is 350. The van der Waals surface area contributed by atoms with Crippen molar-refractivity contribution in [3.05, 3.63) is 23.8 Å². The molecule has 0 aliphatic carbocycles. The summed E-state index contributed by atoms with van der Waals surface area (Å²) in [5, 5.41) is 9.12. The molecule has 0 radical (unpaired) electrons. The highest BCUT2D eigenvalue weighted by atomic mass is 16.5. The minimum atomic E-state index is 0.0252. The number of ether oxygens (including phenoxy) is 2. The van der Waals surface area contributed by atoms with Crippen LogP contribution in [-0.4, -0.2) is 18.3 Å². The van der Waals surface area contributed by atoms with Crippen molar-refractivity contribution in [3.8, 4) is 11.5 Å². The first kappa shape index (κ1) is 15.8. The first-order valence-electron chi connectivity index (χ1n) is 7.31. The minimum Gasteiger partial charge on any atom is -0.490 e. The number of aliphatic hydroxyl groups is 1. The van der Waals surface area contributed by atoms with Crippen LogP contribution in [0, 0.1) is 0 Å². The molecule has 0 aliphatic rings. The van der Waals surface area contributed by atoms with Gasteiger partial charge in [0.15, 0.2) is 11.5 Å². The Morgan fingerprint density at radius 2 is 1.74 bits per heavy atom.